The fourth-order valence-electron chi connectivity index (χ4n) is 6.06. The second-order valence-corrected chi connectivity index (χ2v) is 10.5. The maximum absolute atomic E-state index is 12.8. The molecule has 1 aromatic heterocycles. The lowest BCUT2D eigenvalue weighted by atomic mass is 9.71. The zero-order chi connectivity index (χ0) is 24.7. The van der Waals surface area contributed by atoms with Crippen LogP contribution in [0.4, 0.5) is 0 Å². The molecular formula is C27H34N2O6. The number of aliphatic hydroxyl groups is 1. The summed E-state index contributed by atoms with van der Waals surface area (Å²) in [5.74, 6) is 0.110. The highest BCUT2D eigenvalue weighted by atomic mass is 16.5. The molecule has 0 spiro atoms. The second kappa shape index (κ2) is 9.30. The van der Waals surface area contributed by atoms with Crippen LogP contribution in [0.2, 0.25) is 0 Å². The van der Waals surface area contributed by atoms with Gasteiger partial charge in [-0.25, -0.2) is 4.79 Å². The van der Waals surface area contributed by atoms with E-state index >= 15 is 0 Å². The first-order valence-electron chi connectivity index (χ1n) is 12.8. The predicted molar refractivity (Wildman–Crippen MR) is 130 cm³/mol. The SMILES string of the molecule is Cc1cc(O[C@H](C)C(=O)NCC(=O)N2CC[C@]3(O)CCCC[C@@H]3C2)c2c3c(c(=O)oc2c1)CCC3. The minimum absolute atomic E-state index is 0.101. The third-order valence-corrected chi connectivity index (χ3v) is 8.05. The van der Waals surface area contributed by atoms with E-state index < -0.39 is 11.7 Å². The highest BCUT2D eigenvalue weighted by Crippen LogP contribution is 2.40. The Kier molecular flexibility index (Phi) is 6.34. The zero-order valence-corrected chi connectivity index (χ0v) is 20.5. The van der Waals surface area contributed by atoms with Crippen LogP contribution in [0.25, 0.3) is 11.0 Å². The largest absolute Gasteiger partial charge is 0.480 e. The number of carbonyl (C=O) groups excluding carboxylic acids is 2. The summed E-state index contributed by atoms with van der Waals surface area (Å²) in [7, 11) is 0. The molecular weight excluding hydrogens is 448 g/mol. The number of carbonyl (C=O) groups is 2. The van der Waals surface area contributed by atoms with E-state index in [1.807, 2.05) is 19.1 Å². The maximum Gasteiger partial charge on any atom is 0.339 e. The summed E-state index contributed by atoms with van der Waals surface area (Å²) in [6.45, 7) is 4.49. The number of ether oxygens (including phenoxy) is 1. The lowest BCUT2D eigenvalue weighted by Crippen LogP contribution is -2.56. The summed E-state index contributed by atoms with van der Waals surface area (Å²) >= 11 is 0. The van der Waals surface area contributed by atoms with E-state index in [0.29, 0.717) is 42.8 Å². The summed E-state index contributed by atoms with van der Waals surface area (Å²) < 4.78 is 11.6. The van der Waals surface area contributed by atoms with Gasteiger partial charge in [-0.05, 0) is 75.6 Å². The zero-order valence-electron chi connectivity index (χ0n) is 20.5. The van der Waals surface area contributed by atoms with Gasteiger partial charge in [0.25, 0.3) is 5.91 Å². The Balaban J connectivity index is 1.24. The molecule has 0 bridgehead atoms. The minimum atomic E-state index is -0.832. The standard InChI is InChI=1S/C27H34N2O6/c1-16-12-21(24-19-7-5-8-20(19)26(32)35-22(24)13-16)34-17(2)25(31)28-14-23(30)29-11-10-27(33)9-4-3-6-18(27)15-29/h12-13,17-18,33H,3-11,14-15H2,1-2H3,(H,28,31)/t17-,18-,27-/m1/s1. The van der Waals surface area contributed by atoms with E-state index in [0.717, 1.165) is 55.0 Å². The number of nitrogens with one attached hydrogen (secondary N) is 1. The van der Waals surface area contributed by atoms with Gasteiger partial charge in [0.05, 0.1) is 17.5 Å². The van der Waals surface area contributed by atoms with Gasteiger partial charge in [-0.2, -0.15) is 0 Å². The molecule has 0 radical (unpaired) electrons. The molecule has 2 amide bonds. The van der Waals surface area contributed by atoms with Crippen molar-refractivity contribution in [1.82, 2.24) is 10.2 Å². The van der Waals surface area contributed by atoms with Crippen molar-refractivity contribution in [2.24, 2.45) is 5.92 Å². The normalized spacial score (nSPS) is 24.5. The van der Waals surface area contributed by atoms with Gasteiger partial charge in [-0.1, -0.05) is 12.8 Å². The molecule has 1 aromatic carbocycles. The van der Waals surface area contributed by atoms with Gasteiger partial charge in [-0.15, -0.1) is 0 Å². The summed E-state index contributed by atoms with van der Waals surface area (Å²) in [5, 5.41) is 14.3. The summed E-state index contributed by atoms with van der Waals surface area (Å²) in [4.78, 5) is 39.7. The van der Waals surface area contributed by atoms with Crippen LogP contribution >= 0.6 is 0 Å². The molecule has 35 heavy (non-hydrogen) atoms. The molecule has 2 fully saturated rings. The van der Waals surface area contributed by atoms with Crippen LogP contribution in [0.5, 0.6) is 5.75 Å². The number of nitrogens with zero attached hydrogens (tertiary/aromatic N) is 1. The number of hydrogen-bond acceptors (Lipinski definition) is 6. The average Bonchev–Trinajstić information content (AvgIpc) is 3.32. The van der Waals surface area contributed by atoms with Crippen molar-refractivity contribution in [3.63, 3.8) is 0 Å². The second-order valence-electron chi connectivity index (χ2n) is 10.5. The molecule has 188 valence electrons. The van der Waals surface area contributed by atoms with Gasteiger partial charge in [0.15, 0.2) is 6.10 Å². The molecule has 2 heterocycles. The highest BCUT2D eigenvalue weighted by molar-refractivity contribution is 5.90. The summed E-state index contributed by atoms with van der Waals surface area (Å²) in [6, 6.07) is 3.67. The number of likely N-dealkylation sites (tertiary alicyclic amines) is 1. The molecule has 8 nitrogen and oxygen atoms in total. The Labute approximate surface area is 204 Å². The molecule has 1 saturated heterocycles. The molecule has 3 atom stereocenters. The van der Waals surface area contributed by atoms with Crippen molar-refractivity contribution >= 4 is 22.8 Å². The van der Waals surface area contributed by atoms with Crippen LogP contribution in [-0.4, -0.2) is 53.2 Å². The van der Waals surface area contributed by atoms with E-state index in [9.17, 15) is 19.5 Å². The Morgan fingerprint density at radius 1 is 1.23 bits per heavy atom. The van der Waals surface area contributed by atoms with Gasteiger partial charge in [0, 0.05) is 24.6 Å². The quantitative estimate of drug-likeness (QED) is 0.634. The number of hydrogen-bond donors (Lipinski definition) is 2. The van der Waals surface area contributed by atoms with E-state index in [1.54, 1.807) is 11.8 Å². The van der Waals surface area contributed by atoms with E-state index in [-0.39, 0.29) is 29.9 Å². The van der Waals surface area contributed by atoms with Crippen molar-refractivity contribution in [3.8, 4) is 5.75 Å². The number of fused-ring (bicyclic) bond motifs is 4. The molecule has 2 aromatic rings. The Morgan fingerprint density at radius 2 is 2.03 bits per heavy atom. The van der Waals surface area contributed by atoms with E-state index in [2.05, 4.69) is 5.32 Å². The minimum Gasteiger partial charge on any atom is -0.480 e. The Hall–Kier alpha value is -2.87. The third kappa shape index (κ3) is 4.56. The first-order chi connectivity index (χ1) is 16.7. The smallest absolute Gasteiger partial charge is 0.339 e. The third-order valence-electron chi connectivity index (χ3n) is 8.05. The fraction of sp³-hybridized carbons (Fsp3) is 0.593. The van der Waals surface area contributed by atoms with Gasteiger partial charge in [-0.3, -0.25) is 9.59 Å². The number of piperidine rings is 1. The maximum atomic E-state index is 12.8. The van der Waals surface area contributed by atoms with Gasteiger partial charge < -0.3 is 24.5 Å². The molecule has 1 aliphatic heterocycles. The van der Waals surface area contributed by atoms with Gasteiger partial charge in [0.1, 0.15) is 11.3 Å². The van der Waals surface area contributed by atoms with Crippen LogP contribution in [-0.2, 0) is 22.4 Å². The fourth-order valence-corrected chi connectivity index (χ4v) is 6.06. The number of rotatable bonds is 5. The van der Waals surface area contributed by atoms with Crippen molar-refractivity contribution in [1.29, 1.82) is 0 Å². The predicted octanol–water partition coefficient (Wildman–Crippen LogP) is 2.63. The Bertz CT molecular complexity index is 1220. The van der Waals surface area contributed by atoms with Crippen molar-refractivity contribution in [2.75, 3.05) is 19.6 Å². The molecule has 5 rings (SSSR count). The number of amides is 2. The molecule has 0 unspecified atom stereocenters. The Morgan fingerprint density at radius 3 is 2.86 bits per heavy atom. The van der Waals surface area contributed by atoms with Crippen molar-refractivity contribution < 1.29 is 23.8 Å². The lowest BCUT2D eigenvalue weighted by Gasteiger charge is -2.47. The molecule has 2 N–H and O–H groups in total. The van der Waals surface area contributed by atoms with Crippen LogP contribution in [0.1, 0.15) is 62.1 Å². The van der Waals surface area contributed by atoms with Gasteiger partial charge in [0.2, 0.25) is 5.91 Å². The average molecular weight is 483 g/mol. The van der Waals surface area contributed by atoms with E-state index in [1.165, 1.54) is 0 Å². The molecule has 8 heteroatoms. The van der Waals surface area contributed by atoms with Crippen LogP contribution in [0, 0.1) is 12.8 Å². The van der Waals surface area contributed by atoms with Crippen LogP contribution in [0.15, 0.2) is 21.3 Å². The van der Waals surface area contributed by atoms with Crippen LogP contribution < -0.4 is 15.7 Å². The van der Waals surface area contributed by atoms with Crippen LogP contribution in [0.3, 0.4) is 0 Å². The van der Waals surface area contributed by atoms with E-state index in [4.69, 9.17) is 9.15 Å². The topological polar surface area (TPSA) is 109 Å². The summed E-state index contributed by atoms with van der Waals surface area (Å²) in [6.07, 6.45) is 5.99. The van der Waals surface area contributed by atoms with Gasteiger partial charge >= 0.3 is 5.63 Å². The van der Waals surface area contributed by atoms with Crippen molar-refractivity contribution in [2.45, 2.75) is 76.9 Å². The summed E-state index contributed by atoms with van der Waals surface area (Å²) in [5.41, 5.74) is 2.04. The first kappa shape index (κ1) is 23.9. The van der Waals surface area contributed by atoms with Crippen molar-refractivity contribution in [3.05, 3.63) is 39.2 Å². The number of benzene rings is 1. The molecule has 3 aliphatic rings. The molecule has 2 aliphatic carbocycles. The molecule has 1 saturated carbocycles. The lowest BCUT2D eigenvalue weighted by molar-refractivity contribution is -0.144. The highest BCUT2D eigenvalue weighted by Gasteiger charge is 2.43. The number of aryl methyl sites for hydroxylation is 2. The monoisotopic (exact) mass is 482 g/mol. The first-order valence-corrected chi connectivity index (χ1v) is 12.8.